The molecule has 1 unspecified atom stereocenters. The van der Waals surface area contributed by atoms with Crippen LogP contribution in [0, 0.1) is 11.3 Å². The molecule has 0 saturated heterocycles. The molecule has 0 N–H and O–H groups in total. The van der Waals surface area contributed by atoms with Gasteiger partial charge in [0.25, 0.3) is 0 Å². The molecular formula is C14H10ClF5N2. The Morgan fingerprint density at radius 3 is 2.18 bits per heavy atom. The molecule has 0 spiro atoms. The summed E-state index contributed by atoms with van der Waals surface area (Å²) in [5.41, 5.74) is 0.316. The van der Waals surface area contributed by atoms with Crippen molar-refractivity contribution in [2.75, 3.05) is 7.05 Å². The Bertz CT molecular complexity index is 643. The molecule has 1 atom stereocenters. The highest BCUT2D eigenvalue weighted by atomic mass is 35.5. The van der Waals surface area contributed by atoms with Gasteiger partial charge in [-0.05, 0) is 17.7 Å². The topological polar surface area (TPSA) is 27.0 Å². The van der Waals surface area contributed by atoms with Crippen molar-refractivity contribution in [2.45, 2.75) is 24.6 Å². The van der Waals surface area contributed by atoms with Gasteiger partial charge in [0, 0.05) is 18.5 Å². The highest BCUT2D eigenvalue weighted by Gasteiger charge is 2.65. The molecule has 0 aliphatic carbocycles. The second-order valence-electron chi connectivity index (χ2n) is 4.90. The normalized spacial score (nSPS) is 19.5. The lowest BCUT2D eigenvalue weighted by atomic mass is 10.0. The third-order valence-corrected chi connectivity index (χ3v) is 3.80. The van der Waals surface area contributed by atoms with E-state index in [1.165, 1.54) is 24.3 Å². The molecule has 118 valence electrons. The Balaban J connectivity index is 2.44. The number of rotatable bonds is 2. The van der Waals surface area contributed by atoms with E-state index in [1.54, 1.807) is 6.07 Å². The van der Waals surface area contributed by atoms with Gasteiger partial charge in [-0.15, -0.1) is 0 Å². The number of nitriles is 1. The van der Waals surface area contributed by atoms with Gasteiger partial charge in [0.1, 0.15) is 6.04 Å². The Morgan fingerprint density at radius 2 is 1.73 bits per heavy atom. The van der Waals surface area contributed by atoms with Crippen LogP contribution in [0.15, 0.2) is 29.8 Å². The minimum Gasteiger partial charge on any atom is -0.364 e. The zero-order chi connectivity index (χ0) is 16.7. The highest BCUT2D eigenvalue weighted by Crippen LogP contribution is 2.47. The summed E-state index contributed by atoms with van der Waals surface area (Å²) in [5.74, 6) is -4.92. The number of benzene rings is 1. The van der Waals surface area contributed by atoms with Crippen molar-refractivity contribution in [1.29, 1.82) is 5.26 Å². The molecule has 0 aromatic heterocycles. The molecule has 22 heavy (non-hydrogen) atoms. The second kappa shape index (κ2) is 5.43. The van der Waals surface area contributed by atoms with Crippen LogP contribution in [0.3, 0.4) is 0 Å². The lowest BCUT2D eigenvalue weighted by Crippen LogP contribution is -2.51. The molecule has 2 rings (SSSR count). The van der Waals surface area contributed by atoms with Gasteiger partial charge in [0.2, 0.25) is 0 Å². The first-order valence-corrected chi connectivity index (χ1v) is 6.54. The van der Waals surface area contributed by atoms with E-state index in [0.717, 1.165) is 11.9 Å². The van der Waals surface area contributed by atoms with Crippen LogP contribution in [-0.2, 0) is 0 Å². The predicted molar refractivity (Wildman–Crippen MR) is 71.2 cm³/mol. The third kappa shape index (κ3) is 2.63. The van der Waals surface area contributed by atoms with E-state index in [0.29, 0.717) is 10.6 Å². The number of hydrogen-bond acceptors (Lipinski definition) is 2. The van der Waals surface area contributed by atoms with Gasteiger partial charge in [0.05, 0.1) is 17.3 Å². The van der Waals surface area contributed by atoms with E-state index in [4.69, 9.17) is 16.9 Å². The van der Waals surface area contributed by atoms with E-state index >= 15 is 0 Å². The average molecular weight is 337 g/mol. The number of alkyl halides is 5. The summed E-state index contributed by atoms with van der Waals surface area (Å²) >= 11 is 5.72. The van der Waals surface area contributed by atoms with Gasteiger partial charge in [-0.1, -0.05) is 23.7 Å². The van der Waals surface area contributed by atoms with Crippen molar-refractivity contribution in [3.05, 3.63) is 40.4 Å². The zero-order valence-corrected chi connectivity index (χ0v) is 12.0. The Labute approximate surface area is 128 Å². The van der Waals surface area contributed by atoms with Crippen molar-refractivity contribution in [1.82, 2.24) is 4.90 Å². The summed E-state index contributed by atoms with van der Waals surface area (Å²) in [6.07, 6.45) is -6.35. The monoisotopic (exact) mass is 336 g/mol. The van der Waals surface area contributed by atoms with Crippen LogP contribution in [0.1, 0.15) is 12.0 Å². The predicted octanol–water partition coefficient (Wildman–Crippen LogP) is 4.48. The molecule has 8 heteroatoms. The molecule has 2 nitrogen and oxygen atoms in total. The van der Waals surface area contributed by atoms with Crippen molar-refractivity contribution in [3.8, 4) is 6.07 Å². The Kier molecular flexibility index (Phi) is 4.09. The van der Waals surface area contributed by atoms with E-state index in [-0.39, 0.29) is 11.3 Å². The molecule has 0 radical (unpaired) electrons. The van der Waals surface area contributed by atoms with Gasteiger partial charge in [-0.25, -0.2) is 0 Å². The fourth-order valence-corrected chi connectivity index (χ4v) is 2.57. The quantitative estimate of drug-likeness (QED) is 0.745. The Morgan fingerprint density at radius 1 is 1.18 bits per heavy atom. The molecule has 1 heterocycles. The maximum absolute atomic E-state index is 13.6. The summed E-state index contributed by atoms with van der Waals surface area (Å²) in [5, 5.41) is 9.46. The average Bonchev–Trinajstić information content (AvgIpc) is 2.76. The van der Waals surface area contributed by atoms with Crippen LogP contribution < -0.4 is 0 Å². The summed E-state index contributed by atoms with van der Waals surface area (Å²) in [6, 6.07) is 5.46. The summed E-state index contributed by atoms with van der Waals surface area (Å²) < 4.78 is 65.0. The minimum atomic E-state index is -5.68. The van der Waals surface area contributed by atoms with Crippen LogP contribution >= 0.6 is 11.6 Å². The first kappa shape index (κ1) is 16.6. The molecule has 1 aliphatic rings. The maximum atomic E-state index is 13.6. The van der Waals surface area contributed by atoms with E-state index in [1.807, 2.05) is 0 Å². The lowest BCUT2D eigenvalue weighted by Gasteiger charge is -2.32. The molecule has 0 saturated carbocycles. The third-order valence-electron chi connectivity index (χ3n) is 3.55. The SMILES string of the molecule is CN1C(c2ccc(Cl)cc2)=C(C#N)CC1C(F)(F)C(F)(F)F. The number of nitrogens with zero attached hydrogens (tertiary/aromatic N) is 2. The minimum absolute atomic E-state index is 0.0630. The fraction of sp³-hybridized carbons (Fsp3) is 0.357. The van der Waals surface area contributed by atoms with Gasteiger partial charge in [-0.3, -0.25) is 0 Å². The lowest BCUT2D eigenvalue weighted by molar-refractivity contribution is -0.298. The van der Waals surface area contributed by atoms with Crippen LogP contribution in [-0.4, -0.2) is 30.1 Å². The smallest absolute Gasteiger partial charge is 0.364 e. The molecule has 0 bridgehead atoms. The van der Waals surface area contributed by atoms with E-state index < -0.39 is 24.6 Å². The molecular weight excluding hydrogens is 327 g/mol. The molecule has 1 aliphatic heterocycles. The molecule has 0 amide bonds. The number of halogens is 6. The second-order valence-corrected chi connectivity index (χ2v) is 5.33. The van der Waals surface area contributed by atoms with Crippen LogP contribution in [0.2, 0.25) is 5.02 Å². The number of hydrogen-bond donors (Lipinski definition) is 0. The first-order chi connectivity index (χ1) is 10.1. The first-order valence-electron chi connectivity index (χ1n) is 6.16. The highest BCUT2D eigenvalue weighted by molar-refractivity contribution is 6.30. The standard InChI is InChI=1S/C14H10ClF5N2/c1-22-11(13(16,17)14(18,19)20)6-9(7-21)12(22)8-2-4-10(15)5-3-8/h2-5,11H,6H2,1H3. The van der Waals surface area contributed by atoms with Gasteiger partial charge < -0.3 is 4.90 Å². The van der Waals surface area contributed by atoms with Gasteiger partial charge >= 0.3 is 12.1 Å². The zero-order valence-electron chi connectivity index (χ0n) is 11.3. The van der Waals surface area contributed by atoms with E-state index in [9.17, 15) is 22.0 Å². The van der Waals surface area contributed by atoms with Crippen LogP contribution in [0.5, 0.6) is 0 Å². The van der Waals surface area contributed by atoms with Crippen molar-refractivity contribution in [3.63, 3.8) is 0 Å². The molecule has 0 fully saturated rings. The van der Waals surface area contributed by atoms with Crippen LogP contribution in [0.25, 0.3) is 5.70 Å². The molecule has 1 aromatic carbocycles. The largest absolute Gasteiger partial charge is 0.455 e. The maximum Gasteiger partial charge on any atom is 0.455 e. The van der Waals surface area contributed by atoms with Gasteiger partial charge in [0.15, 0.2) is 0 Å². The van der Waals surface area contributed by atoms with Gasteiger partial charge in [-0.2, -0.15) is 27.2 Å². The summed E-state index contributed by atoms with van der Waals surface area (Å²) in [7, 11) is 1.12. The fourth-order valence-electron chi connectivity index (χ4n) is 2.44. The van der Waals surface area contributed by atoms with Crippen molar-refractivity contribution < 1.29 is 22.0 Å². The van der Waals surface area contributed by atoms with Crippen molar-refractivity contribution in [2.24, 2.45) is 0 Å². The van der Waals surface area contributed by atoms with Crippen molar-refractivity contribution >= 4 is 17.3 Å². The summed E-state index contributed by atoms with van der Waals surface area (Å²) in [6.45, 7) is 0. The van der Waals surface area contributed by atoms with E-state index in [2.05, 4.69) is 0 Å². The Hall–Kier alpha value is -1.81. The molecule has 1 aromatic rings. The summed E-state index contributed by atoms with van der Waals surface area (Å²) in [4.78, 5) is 0.815. The van der Waals surface area contributed by atoms with Crippen LogP contribution in [0.4, 0.5) is 22.0 Å².